The van der Waals surface area contributed by atoms with E-state index in [2.05, 4.69) is 10.3 Å². The third kappa shape index (κ3) is 4.45. The quantitative estimate of drug-likeness (QED) is 0.851. The van der Waals surface area contributed by atoms with E-state index in [-0.39, 0.29) is 11.9 Å². The predicted octanol–water partition coefficient (Wildman–Crippen LogP) is 3.37. The number of nitrogens with zero attached hydrogens (tertiary/aromatic N) is 1. The van der Waals surface area contributed by atoms with Crippen LogP contribution >= 0.6 is 0 Å². The molecule has 2 aromatic rings. The summed E-state index contributed by atoms with van der Waals surface area (Å²) >= 11 is 0. The predicted molar refractivity (Wildman–Crippen MR) is 88.9 cm³/mol. The molecule has 0 saturated carbocycles. The molecule has 23 heavy (non-hydrogen) atoms. The maximum absolute atomic E-state index is 12.2. The van der Waals surface area contributed by atoms with Crippen LogP contribution in [0.25, 0.3) is 0 Å². The van der Waals surface area contributed by atoms with Gasteiger partial charge in [0.25, 0.3) is 5.91 Å². The number of ether oxygens (including phenoxy) is 2. The molecule has 0 aliphatic rings. The molecule has 0 spiro atoms. The van der Waals surface area contributed by atoms with Crippen LogP contribution in [0.15, 0.2) is 42.7 Å². The highest BCUT2D eigenvalue weighted by molar-refractivity contribution is 5.94. The fraction of sp³-hybridized carbons (Fsp3) is 0.333. The van der Waals surface area contributed by atoms with Gasteiger partial charge in [-0.1, -0.05) is 6.07 Å². The van der Waals surface area contributed by atoms with E-state index in [4.69, 9.17) is 9.47 Å². The molecule has 0 bridgehead atoms. The Balaban J connectivity index is 2.14. The van der Waals surface area contributed by atoms with Crippen LogP contribution in [0.4, 0.5) is 0 Å². The lowest BCUT2D eigenvalue weighted by molar-refractivity contribution is 0.0939. The van der Waals surface area contributed by atoms with Gasteiger partial charge in [-0.3, -0.25) is 9.78 Å². The molecule has 1 heterocycles. The van der Waals surface area contributed by atoms with Crippen LogP contribution in [0.2, 0.25) is 0 Å². The third-order valence-electron chi connectivity index (χ3n) is 3.34. The van der Waals surface area contributed by atoms with E-state index in [1.807, 2.05) is 39.0 Å². The summed E-state index contributed by atoms with van der Waals surface area (Å²) in [6.07, 6.45) is 3.19. The number of amides is 1. The zero-order chi connectivity index (χ0) is 16.7. The summed E-state index contributed by atoms with van der Waals surface area (Å²) in [4.78, 5) is 16.2. The van der Waals surface area contributed by atoms with Crippen molar-refractivity contribution in [2.75, 3.05) is 13.2 Å². The Morgan fingerprint density at radius 2 is 1.91 bits per heavy atom. The zero-order valence-corrected chi connectivity index (χ0v) is 13.7. The van der Waals surface area contributed by atoms with E-state index in [9.17, 15) is 4.79 Å². The highest BCUT2D eigenvalue weighted by atomic mass is 16.5. The van der Waals surface area contributed by atoms with Crippen molar-refractivity contribution < 1.29 is 14.3 Å². The smallest absolute Gasteiger partial charge is 0.253 e. The minimum Gasteiger partial charge on any atom is -0.490 e. The number of nitrogens with one attached hydrogen (secondary N) is 1. The van der Waals surface area contributed by atoms with Gasteiger partial charge in [-0.05, 0) is 50.6 Å². The molecule has 0 aliphatic heterocycles. The van der Waals surface area contributed by atoms with E-state index >= 15 is 0 Å². The zero-order valence-electron chi connectivity index (χ0n) is 13.7. The minimum absolute atomic E-state index is 0.155. The summed E-state index contributed by atoms with van der Waals surface area (Å²) in [7, 11) is 0. The van der Waals surface area contributed by atoms with Crippen molar-refractivity contribution >= 4 is 5.91 Å². The second kappa shape index (κ2) is 8.17. The lowest BCUT2D eigenvalue weighted by atomic mass is 10.1. The topological polar surface area (TPSA) is 60.5 Å². The molecule has 0 fully saturated rings. The van der Waals surface area contributed by atoms with Crippen molar-refractivity contribution in [2.45, 2.75) is 26.8 Å². The highest BCUT2D eigenvalue weighted by Crippen LogP contribution is 2.30. The van der Waals surface area contributed by atoms with Crippen LogP contribution in [-0.2, 0) is 0 Å². The summed E-state index contributed by atoms with van der Waals surface area (Å²) < 4.78 is 11.2. The SMILES string of the molecule is CCOc1ccc([C@H](C)NC(=O)c2cccnc2)cc1OCC. The molecular weight excluding hydrogens is 292 g/mol. The van der Waals surface area contributed by atoms with Crippen molar-refractivity contribution in [2.24, 2.45) is 0 Å². The van der Waals surface area contributed by atoms with Crippen molar-refractivity contribution in [3.8, 4) is 11.5 Å². The number of pyridine rings is 1. The first-order valence-electron chi connectivity index (χ1n) is 7.76. The molecule has 0 aliphatic carbocycles. The van der Waals surface area contributed by atoms with Gasteiger partial charge < -0.3 is 14.8 Å². The maximum Gasteiger partial charge on any atom is 0.253 e. The molecule has 1 aromatic carbocycles. The van der Waals surface area contributed by atoms with Crippen LogP contribution in [-0.4, -0.2) is 24.1 Å². The van der Waals surface area contributed by atoms with Crippen molar-refractivity contribution in [1.82, 2.24) is 10.3 Å². The molecule has 5 nitrogen and oxygen atoms in total. The molecule has 2 rings (SSSR count). The third-order valence-corrected chi connectivity index (χ3v) is 3.34. The van der Waals surface area contributed by atoms with Crippen LogP contribution < -0.4 is 14.8 Å². The molecule has 122 valence electrons. The molecular formula is C18H22N2O3. The Hall–Kier alpha value is -2.56. The molecule has 5 heteroatoms. The van der Waals surface area contributed by atoms with Gasteiger partial charge in [0.2, 0.25) is 0 Å². The van der Waals surface area contributed by atoms with Gasteiger partial charge in [0.05, 0.1) is 24.8 Å². The standard InChI is InChI=1S/C18H22N2O3/c1-4-22-16-9-8-14(11-17(16)23-5-2)13(3)20-18(21)15-7-6-10-19-12-15/h6-13H,4-5H2,1-3H3,(H,20,21)/t13-/m0/s1. The van der Waals surface area contributed by atoms with Gasteiger partial charge in [0.1, 0.15) is 0 Å². The number of aromatic nitrogens is 1. The van der Waals surface area contributed by atoms with Crippen LogP contribution in [0.1, 0.15) is 42.7 Å². The molecule has 1 amide bonds. The molecule has 0 radical (unpaired) electrons. The lowest BCUT2D eigenvalue weighted by Crippen LogP contribution is -2.26. The van der Waals surface area contributed by atoms with Crippen molar-refractivity contribution in [3.05, 3.63) is 53.9 Å². The lowest BCUT2D eigenvalue weighted by Gasteiger charge is -2.17. The summed E-state index contributed by atoms with van der Waals surface area (Å²) in [6, 6.07) is 9.03. The largest absolute Gasteiger partial charge is 0.490 e. The van der Waals surface area contributed by atoms with Gasteiger partial charge >= 0.3 is 0 Å². The first kappa shape index (κ1) is 16.8. The highest BCUT2D eigenvalue weighted by Gasteiger charge is 2.14. The second-order valence-corrected chi connectivity index (χ2v) is 5.01. The van der Waals surface area contributed by atoms with Gasteiger partial charge in [-0.15, -0.1) is 0 Å². The maximum atomic E-state index is 12.2. The summed E-state index contributed by atoms with van der Waals surface area (Å²) in [5, 5.41) is 2.96. The minimum atomic E-state index is -0.155. The monoisotopic (exact) mass is 314 g/mol. The second-order valence-electron chi connectivity index (χ2n) is 5.01. The number of hydrogen-bond acceptors (Lipinski definition) is 4. The Bertz CT molecular complexity index is 644. The van der Waals surface area contributed by atoms with E-state index < -0.39 is 0 Å². The van der Waals surface area contributed by atoms with E-state index in [0.29, 0.717) is 30.3 Å². The molecule has 0 unspecified atom stereocenters. The molecule has 0 saturated heterocycles. The van der Waals surface area contributed by atoms with Crippen molar-refractivity contribution in [3.63, 3.8) is 0 Å². The Labute approximate surface area is 136 Å². The number of benzene rings is 1. The number of hydrogen-bond donors (Lipinski definition) is 1. The summed E-state index contributed by atoms with van der Waals surface area (Å²) in [6.45, 7) is 6.92. The van der Waals surface area contributed by atoms with Gasteiger partial charge in [-0.2, -0.15) is 0 Å². The van der Waals surface area contributed by atoms with E-state index in [1.165, 1.54) is 0 Å². The van der Waals surface area contributed by atoms with Gasteiger partial charge in [0.15, 0.2) is 11.5 Å². The first-order valence-corrected chi connectivity index (χ1v) is 7.76. The van der Waals surface area contributed by atoms with E-state index in [1.54, 1.807) is 24.5 Å². The van der Waals surface area contributed by atoms with Crippen LogP contribution in [0.3, 0.4) is 0 Å². The van der Waals surface area contributed by atoms with Gasteiger partial charge in [-0.25, -0.2) is 0 Å². The average Bonchev–Trinajstić information content (AvgIpc) is 2.57. The van der Waals surface area contributed by atoms with Crippen LogP contribution in [0, 0.1) is 0 Å². The fourth-order valence-electron chi connectivity index (χ4n) is 2.20. The van der Waals surface area contributed by atoms with Gasteiger partial charge in [0, 0.05) is 12.4 Å². The number of carbonyl (C=O) groups is 1. The fourth-order valence-corrected chi connectivity index (χ4v) is 2.20. The Morgan fingerprint density at radius 3 is 2.57 bits per heavy atom. The van der Waals surface area contributed by atoms with Crippen molar-refractivity contribution in [1.29, 1.82) is 0 Å². The number of carbonyl (C=O) groups excluding carboxylic acids is 1. The molecule has 1 N–H and O–H groups in total. The first-order chi connectivity index (χ1) is 11.2. The normalized spacial score (nSPS) is 11.6. The molecule has 1 aromatic heterocycles. The van der Waals surface area contributed by atoms with Crippen LogP contribution in [0.5, 0.6) is 11.5 Å². The molecule has 1 atom stereocenters. The summed E-state index contributed by atoms with van der Waals surface area (Å²) in [5.74, 6) is 1.25. The van der Waals surface area contributed by atoms with E-state index in [0.717, 1.165) is 5.56 Å². The Kier molecular flexibility index (Phi) is 5.97. The Morgan fingerprint density at radius 1 is 1.17 bits per heavy atom. The summed E-state index contributed by atoms with van der Waals surface area (Å²) in [5.41, 5.74) is 1.49. The average molecular weight is 314 g/mol. The number of rotatable bonds is 7.